The van der Waals surface area contributed by atoms with E-state index in [2.05, 4.69) is 79.9 Å². The van der Waals surface area contributed by atoms with E-state index >= 15 is 0 Å². The van der Waals surface area contributed by atoms with Crippen LogP contribution in [0.2, 0.25) is 0 Å². The van der Waals surface area contributed by atoms with Crippen molar-refractivity contribution in [3.8, 4) is 0 Å². The van der Waals surface area contributed by atoms with Crippen LogP contribution < -0.4 is 5.32 Å². The van der Waals surface area contributed by atoms with Gasteiger partial charge in [-0.1, -0.05) is 209 Å². The number of carbonyl (C=O) groups is 1. The maximum absolute atomic E-state index is 12.4. The summed E-state index contributed by atoms with van der Waals surface area (Å²) >= 11 is 0. The number of aliphatic hydroxyl groups is 2. The minimum Gasteiger partial charge on any atom is -0.394 e. The minimum atomic E-state index is -0.862. The zero-order valence-corrected chi connectivity index (χ0v) is 35.0. The predicted octanol–water partition coefficient (Wildman–Crippen LogP) is 14.3. The lowest BCUT2D eigenvalue weighted by Gasteiger charge is -2.19. The van der Waals surface area contributed by atoms with Crippen LogP contribution in [0.1, 0.15) is 213 Å². The van der Waals surface area contributed by atoms with Gasteiger partial charge in [0.2, 0.25) is 5.91 Å². The van der Waals surface area contributed by atoms with Crippen LogP contribution in [0.3, 0.4) is 0 Å². The Hall–Kier alpha value is -2.17. The Morgan fingerprint density at radius 2 is 0.849 bits per heavy atom. The van der Waals surface area contributed by atoms with Crippen LogP contribution in [0.25, 0.3) is 0 Å². The Morgan fingerprint density at radius 1 is 0.472 bits per heavy atom. The summed E-state index contributed by atoms with van der Waals surface area (Å²) in [5, 5.41) is 22.9. The molecule has 2 unspecified atom stereocenters. The van der Waals surface area contributed by atoms with E-state index in [0.29, 0.717) is 6.42 Å². The summed E-state index contributed by atoms with van der Waals surface area (Å²) in [6, 6.07) is -0.639. The van der Waals surface area contributed by atoms with Crippen LogP contribution in [0.5, 0.6) is 0 Å². The van der Waals surface area contributed by atoms with Gasteiger partial charge in [-0.2, -0.15) is 0 Å². The highest BCUT2D eigenvalue weighted by molar-refractivity contribution is 5.76. The number of aliphatic hydroxyl groups excluding tert-OH is 2. The minimum absolute atomic E-state index is 0.0770. The molecule has 306 valence electrons. The number of rotatable bonds is 40. The molecule has 0 aromatic carbocycles. The van der Waals surface area contributed by atoms with E-state index in [1.165, 1.54) is 135 Å². The lowest BCUT2D eigenvalue weighted by molar-refractivity contribution is -0.123. The Bertz CT molecular complexity index is 930. The van der Waals surface area contributed by atoms with Gasteiger partial charge in [0.05, 0.1) is 18.8 Å². The van der Waals surface area contributed by atoms with E-state index in [1.54, 1.807) is 6.08 Å². The molecule has 0 aromatic rings. The second kappa shape index (κ2) is 44.2. The number of nitrogens with one attached hydrogen (secondary N) is 1. The maximum atomic E-state index is 12.4. The summed E-state index contributed by atoms with van der Waals surface area (Å²) in [5.74, 6) is -0.0770. The first kappa shape index (κ1) is 50.8. The normalized spacial score (nSPS) is 13.7. The summed E-state index contributed by atoms with van der Waals surface area (Å²) in [6.45, 7) is 4.16. The highest BCUT2D eigenvalue weighted by Gasteiger charge is 2.17. The van der Waals surface area contributed by atoms with Crippen LogP contribution in [-0.2, 0) is 4.79 Å². The fraction of sp³-hybridized carbons (Fsp3) is 0.735. The smallest absolute Gasteiger partial charge is 0.220 e. The van der Waals surface area contributed by atoms with Crippen molar-refractivity contribution < 1.29 is 15.0 Å². The first-order valence-electron chi connectivity index (χ1n) is 22.7. The van der Waals surface area contributed by atoms with E-state index in [0.717, 1.165) is 57.8 Å². The summed E-state index contributed by atoms with van der Waals surface area (Å²) in [4.78, 5) is 12.4. The highest BCUT2D eigenvalue weighted by Crippen LogP contribution is 2.15. The highest BCUT2D eigenvalue weighted by atomic mass is 16.3. The average molecular weight is 738 g/mol. The molecule has 1 amide bonds. The van der Waals surface area contributed by atoms with Crippen LogP contribution in [0, 0.1) is 0 Å². The number of hydrogen-bond donors (Lipinski definition) is 3. The van der Waals surface area contributed by atoms with Gasteiger partial charge in [-0.3, -0.25) is 4.79 Å². The number of hydrogen-bond acceptors (Lipinski definition) is 3. The van der Waals surface area contributed by atoms with Gasteiger partial charge >= 0.3 is 0 Å². The first-order valence-corrected chi connectivity index (χ1v) is 22.7. The van der Waals surface area contributed by atoms with Crippen LogP contribution in [0.4, 0.5) is 0 Å². The first-order chi connectivity index (χ1) is 26.2. The van der Waals surface area contributed by atoms with Gasteiger partial charge in [0.1, 0.15) is 0 Å². The summed E-state index contributed by atoms with van der Waals surface area (Å²) in [7, 11) is 0. The molecule has 0 radical (unpaired) electrons. The van der Waals surface area contributed by atoms with Crippen molar-refractivity contribution in [2.24, 2.45) is 0 Å². The molecular formula is C49H87NO3. The topological polar surface area (TPSA) is 69.6 Å². The second-order valence-electron chi connectivity index (χ2n) is 15.1. The van der Waals surface area contributed by atoms with E-state index in [-0.39, 0.29) is 12.5 Å². The summed E-state index contributed by atoms with van der Waals surface area (Å²) in [5.41, 5.74) is 0. The Labute approximate surface area is 329 Å². The van der Waals surface area contributed by atoms with E-state index in [1.807, 2.05) is 6.08 Å². The van der Waals surface area contributed by atoms with Crippen LogP contribution in [-0.4, -0.2) is 34.9 Å². The van der Waals surface area contributed by atoms with Crippen molar-refractivity contribution in [1.82, 2.24) is 5.32 Å². The van der Waals surface area contributed by atoms with Crippen molar-refractivity contribution in [2.75, 3.05) is 6.61 Å². The number of carbonyl (C=O) groups excluding carboxylic acids is 1. The molecule has 0 saturated heterocycles. The fourth-order valence-corrected chi connectivity index (χ4v) is 6.48. The summed E-state index contributed by atoms with van der Waals surface area (Å²) in [6.07, 6.45) is 63.1. The molecular weight excluding hydrogens is 651 g/mol. The third kappa shape index (κ3) is 40.8. The molecule has 3 N–H and O–H groups in total. The Kier molecular flexibility index (Phi) is 42.4. The molecule has 4 heteroatoms. The third-order valence-electron chi connectivity index (χ3n) is 9.92. The summed E-state index contributed by atoms with van der Waals surface area (Å²) < 4.78 is 0. The maximum Gasteiger partial charge on any atom is 0.220 e. The molecule has 2 atom stereocenters. The molecule has 0 fully saturated rings. The van der Waals surface area contributed by atoms with Crippen LogP contribution >= 0.6 is 0 Å². The van der Waals surface area contributed by atoms with Gasteiger partial charge in [-0.15, -0.1) is 0 Å². The van der Waals surface area contributed by atoms with E-state index < -0.39 is 12.1 Å². The monoisotopic (exact) mass is 738 g/mol. The van der Waals surface area contributed by atoms with Gasteiger partial charge < -0.3 is 15.5 Å². The lowest BCUT2D eigenvalue weighted by atomic mass is 10.0. The van der Waals surface area contributed by atoms with Crippen molar-refractivity contribution in [3.63, 3.8) is 0 Å². The molecule has 0 saturated carbocycles. The quantitative estimate of drug-likeness (QED) is 0.0433. The molecule has 0 aliphatic rings. The van der Waals surface area contributed by atoms with Crippen molar-refractivity contribution in [1.29, 1.82) is 0 Å². The molecule has 4 nitrogen and oxygen atoms in total. The van der Waals surface area contributed by atoms with Crippen molar-refractivity contribution >= 4 is 5.91 Å². The van der Waals surface area contributed by atoms with Gasteiger partial charge in [0.15, 0.2) is 0 Å². The van der Waals surface area contributed by atoms with Crippen molar-refractivity contribution in [2.45, 2.75) is 225 Å². The van der Waals surface area contributed by atoms with E-state index in [9.17, 15) is 15.0 Å². The lowest BCUT2D eigenvalue weighted by Crippen LogP contribution is -2.45. The molecule has 0 aliphatic heterocycles. The SMILES string of the molecule is CC/C=C\C/C=C\C/C=C\C/C=C\CCCCCCCCCCCCCCCCCCC(=O)NC(CO)C(O)/C=C/CC/C=C/CCCCCCCC. The average Bonchev–Trinajstić information content (AvgIpc) is 3.16. The fourth-order valence-electron chi connectivity index (χ4n) is 6.48. The molecule has 0 spiro atoms. The number of unbranched alkanes of at least 4 members (excludes halogenated alkanes) is 23. The molecule has 0 aliphatic carbocycles. The van der Waals surface area contributed by atoms with Crippen LogP contribution in [0.15, 0.2) is 72.9 Å². The third-order valence-corrected chi connectivity index (χ3v) is 9.92. The van der Waals surface area contributed by atoms with Crippen molar-refractivity contribution in [3.05, 3.63) is 72.9 Å². The van der Waals surface area contributed by atoms with Gasteiger partial charge in [-0.05, 0) is 70.6 Å². The number of amides is 1. The Balaban J connectivity index is 3.53. The molecule has 53 heavy (non-hydrogen) atoms. The Morgan fingerprint density at radius 3 is 1.32 bits per heavy atom. The van der Waals surface area contributed by atoms with Gasteiger partial charge in [0, 0.05) is 6.42 Å². The van der Waals surface area contributed by atoms with Gasteiger partial charge in [-0.25, -0.2) is 0 Å². The largest absolute Gasteiger partial charge is 0.394 e. The zero-order valence-electron chi connectivity index (χ0n) is 35.0. The second-order valence-corrected chi connectivity index (χ2v) is 15.1. The molecule has 0 aromatic heterocycles. The molecule has 0 heterocycles. The zero-order chi connectivity index (χ0) is 38.6. The molecule has 0 rings (SSSR count). The molecule has 0 bridgehead atoms. The number of allylic oxidation sites excluding steroid dienone is 11. The van der Waals surface area contributed by atoms with Gasteiger partial charge in [0.25, 0.3) is 0 Å². The van der Waals surface area contributed by atoms with E-state index in [4.69, 9.17) is 0 Å². The standard InChI is InChI=1S/C49H87NO3/c1-3-5-7-9-11-13-15-17-18-19-20-21-22-23-24-25-26-27-28-29-30-31-32-33-35-37-39-41-43-45-49(53)50-47(46-51)48(52)44-42-40-38-36-34-16-14-12-10-8-6-4-2/h5,7,11,13,17-18,20-21,34,36,42,44,47-48,51-52H,3-4,6,8-10,12,14-16,19,22-33,35,37-41,43,45-46H2,1-2H3,(H,50,53)/b7-5-,13-11-,18-17-,21-20-,36-34+,44-42+. The predicted molar refractivity (Wildman–Crippen MR) is 234 cm³/mol.